The first-order chi connectivity index (χ1) is 14.6. The third-order valence-electron chi connectivity index (χ3n) is 5.38. The summed E-state index contributed by atoms with van der Waals surface area (Å²) < 4.78 is 11.0. The van der Waals surface area contributed by atoms with Crippen molar-refractivity contribution in [3.8, 4) is 17.2 Å². The van der Waals surface area contributed by atoms with Crippen LogP contribution >= 0.6 is 0 Å². The van der Waals surface area contributed by atoms with E-state index in [0.717, 1.165) is 12.1 Å². The highest BCUT2D eigenvalue weighted by Crippen LogP contribution is 2.40. The average Bonchev–Trinajstić information content (AvgIpc) is 2.71. The number of phenols is 2. The van der Waals surface area contributed by atoms with Crippen LogP contribution in [0.3, 0.4) is 0 Å². The zero-order chi connectivity index (χ0) is 22.6. The van der Waals surface area contributed by atoms with Gasteiger partial charge in [0.05, 0.1) is 17.7 Å². The lowest BCUT2D eigenvalue weighted by molar-refractivity contribution is -0.277. The molecule has 1 fully saturated rings. The van der Waals surface area contributed by atoms with Crippen molar-refractivity contribution in [1.29, 1.82) is 0 Å². The lowest BCUT2D eigenvalue weighted by Crippen LogP contribution is -2.60. The normalized spacial score (nSPS) is 27.6. The van der Waals surface area contributed by atoms with Gasteiger partial charge in [-0.15, -0.1) is 0 Å². The summed E-state index contributed by atoms with van der Waals surface area (Å²) in [7, 11) is 0. The summed E-state index contributed by atoms with van der Waals surface area (Å²) in [6.07, 6.45) is -7.80. The Bertz CT molecular complexity index is 1080. The average molecular weight is 432 g/mol. The molecule has 2 aromatic carbocycles. The smallest absolute Gasteiger partial charge is 0.229 e. The Balaban J connectivity index is 1.79. The SMILES string of the molecule is Cc1cc(O[C@H]2O[C@@H](CO)[C@H](O)[C@@H](O)[C@H]2O)c2c(c1)C(=O)c1cc(O)cc(O)c1C2=O. The van der Waals surface area contributed by atoms with Gasteiger partial charge in [0.15, 0.2) is 5.78 Å². The number of phenolic OH excluding ortho intramolecular Hbond substituents is 2. The fraction of sp³-hybridized carbons (Fsp3) is 0.333. The molecule has 0 amide bonds. The van der Waals surface area contributed by atoms with Crippen molar-refractivity contribution in [3.05, 3.63) is 52.1 Å². The number of benzene rings is 2. The van der Waals surface area contributed by atoms with Crippen LogP contribution in [-0.4, -0.2) is 79.5 Å². The van der Waals surface area contributed by atoms with E-state index in [2.05, 4.69) is 0 Å². The van der Waals surface area contributed by atoms with Gasteiger partial charge in [0, 0.05) is 17.2 Å². The molecule has 0 radical (unpaired) electrons. The number of carbonyl (C=O) groups excluding carboxylic acids is 2. The number of aromatic hydroxyl groups is 2. The van der Waals surface area contributed by atoms with Gasteiger partial charge in [0.1, 0.15) is 41.7 Å². The molecule has 10 nitrogen and oxygen atoms in total. The molecule has 1 heterocycles. The Kier molecular flexibility index (Phi) is 5.20. The largest absolute Gasteiger partial charge is 0.508 e. The van der Waals surface area contributed by atoms with Gasteiger partial charge in [-0.1, -0.05) is 0 Å². The van der Waals surface area contributed by atoms with Gasteiger partial charge in [0.25, 0.3) is 0 Å². The molecular weight excluding hydrogens is 412 g/mol. The number of ketones is 2. The number of ether oxygens (including phenoxy) is 2. The molecular formula is C21H20O10. The molecule has 0 bridgehead atoms. The molecule has 31 heavy (non-hydrogen) atoms. The Morgan fingerprint density at radius 2 is 1.58 bits per heavy atom. The van der Waals surface area contributed by atoms with E-state index in [9.17, 15) is 40.2 Å². The van der Waals surface area contributed by atoms with Gasteiger partial charge in [-0.3, -0.25) is 9.59 Å². The van der Waals surface area contributed by atoms with Gasteiger partial charge in [-0.2, -0.15) is 0 Å². The van der Waals surface area contributed by atoms with E-state index in [0.29, 0.717) is 5.56 Å². The van der Waals surface area contributed by atoms with E-state index in [-0.39, 0.29) is 33.8 Å². The molecule has 10 heteroatoms. The maximum atomic E-state index is 13.2. The number of hydrogen-bond acceptors (Lipinski definition) is 10. The minimum atomic E-state index is -1.72. The van der Waals surface area contributed by atoms with Crippen molar-refractivity contribution in [1.82, 2.24) is 0 Å². The summed E-state index contributed by atoms with van der Waals surface area (Å²) in [5.74, 6) is -2.50. The molecule has 2 aromatic rings. The Morgan fingerprint density at radius 1 is 0.903 bits per heavy atom. The molecule has 6 N–H and O–H groups in total. The van der Waals surface area contributed by atoms with Crippen molar-refractivity contribution >= 4 is 11.6 Å². The Labute approximate surface area is 175 Å². The summed E-state index contributed by atoms with van der Waals surface area (Å²) >= 11 is 0. The highest BCUT2D eigenvalue weighted by molar-refractivity contribution is 6.30. The van der Waals surface area contributed by atoms with Gasteiger partial charge >= 0.3 is 0 Å². The van der Waals surface area contributed by atoms with E-state index < -0.39 is 54.6 Å². The maximum absolute atomic E-state index is 13.2. The lowest BCUT2D eigenvalue weighted by atomic mass is 9.82. The van der Waals surface area contributed by atoms with Crippen LogP contribution in [0, 0.1) is 6.92 Å². The number of aliphatic hydroxyl groups excluding tert-OH is 4. The molecule has 2 aliphatic rings. The zero-order valence-corrected chi connectivity index (χ0v) is 16.2. The van der Waals surface area contributed by atoms with Crippen molar-refractivity contribution in [2.75, 3.05) is 6.61 Å². The van der Waals surface area contributed by atoms with Crippen LogP contribution in [0.1, 0.15) is 37.4 Å². The van der Waals surface area contributed by atoms with E-state index in [4.69, 9.17) is 9.47 Å². The molecule has 0 spiro atoms. The molecule has 1 aliphatic carbocycles. The monoisotopic (exact) mass is 432 g/mol. The third-order valence-corrected chi connectivity index (χ3v) is 5.38. The van der Waals surface area contributed by atoms with E-state index in [1.54, 1.807) is 6.92 Å². The fourth-order valence-corrected chi connectivity index (χ4v) is 3.85. The topological polar surface area (TPSA) is 174 Å². The van der Waals surface area contributed by atoms with Gasteiger partial charge in [0.2, 0.25) is 12.1 Å². The summed E-state index contributed by atoms with van der Waals surface area (Å²) in [6, 6.07) is 4.87. The van der Waals surface area contributed by atoms with E-state index in [1.807, 2.05) is 0 Å². The predicted molar refractivity (Wildman–Crippen MR) is 102 cm³/mol. The second kappa shape index (κ2) is 7.59. The molecule has 5 atom stereocenters. The van der Waals surface area contributed by atoms with Crippen molar-refractivity contribution in [2.45, 2.75) is 37.6 Å². The quantitative estimate of drug-likeness (QED) is 0.312. The van der Waals surface area contributed by atoms with Crippen LogP contribution in [0.25, 0.3) is 0 Å². The second-order valence-corrected chi connectivity index (χ2v) is 7.55. The van der Waals surface area contributed by atoms with Crippen LogP contribution in [0.5, 0.6) is 17.2 Å². The molecule has 1 saturated heterocycles. The van der Waals surface area contributed by atoms with Crippen LogP contribution in [-0.2, 0) is 4.74 Å². The van der Waals surface area contributed by atoms with Crippen molar-refractivity contribution in [3.63, 3.8) is 0 Å². The lowest BCUT2D eigenvalue weighted by Gasteiger charge is -2.39. The van der Waals surface area contributed by atoms with Crippen LogP contribution in [0.4, 0.5) is 0 Å². The highest BCUT2D eigenvalue weighted by atomic mass is 16.7. The van der Waals surface area contributed by atoms with E-state index in [1.165, 1.54) is 12.1 Å². The number of aliphatic hydroxyl groups is 4. The van der Waals surface area contributed by atoms with Crippen molar-refractivity contribution < 1.29 is 49.7 Å². The summed E-state index contributed by atoms with van der Waals surface area (Å²) in [6.45, 7) is 0.965. The minimum Gasteiger partial charge on any atom is -0.508 e. The van der Waals surface area contributed by atoms with Gasteiger partial charge < -0.3 is 40.1 Å². The predicted octanol–water partition coefficient (Wildman–Crippen LogP) is -0.640. The first-order valence-electron chi connectivity index (χ1n) is 9.41. The first-order valence-corrected chi connectivity index (χ1v) is 9.41. The Hall–Kier alpha value is -3.02. The molecule has 0 unspecified atom stereocenters. The summed E-state index contributed by atoms with van der Waals surface area (Å²) in [4.78, 5) is 26.2. The van der Waals surface area contributed by atoms with Crippen molar-refractivity contribution in [2.24, 2.45) is 0 Å². The standard InChI is InChI=1S/C21H20O10/c1-7-2-9-15(18(27)14-10(16(9)25)4-8(23)5-11(14)24)12(3-7)30-21-20(29)19(28)17(26)13(6-22)31-21/h2-5,13,17,19-24,26,28-29H,6H2,1H3/t13-,17-,19+,20+,21-/m0/s1. The molecule has 164 valence electrons. The third kappa shape index (κ3) is 3.34. The molecule has 1 aliphatic heterocycles. The fourth-order valence-electron chi connectivity index (χ4n) is 3.85. The Morgan fingerprint density at radius 3 is 2.26 bits per heavy atom. The number of aryl methyl sites for hydroxylation is 1. The van der Waals surface area contributed by atoms with E-state index >= 15 is 0 Å². The number of carbonyl (C=O) groups is 2. The van der Waals surface area contributed by atoms with Crippen LogP contribution in [0.15, 0.2) is 24.3 Å². The first kappa shape index (κ1) is 21.2. The molecule has 0 aromatic heterocycles. The minimum absolute atomic E-state index is 0.0397. The number of fused-ring (bicyclic) bond motifs is 2. The highest BCUT2D eigenvalue weighted by Gasteiger charge is 2.45. The second-order valence-electron chi connectivity index (χ2n) is 7.55. The van der Waals surface area contributed by atoms with Gasteiger partial charge in [-0.25, -0.2) is 0 Å². The van der Waals surface area contributed by atoms with Gasteiger partial charge in [-0.05, 0) is 30.7 Å². The molecule has 4 rings (SSSR count). The number of rotatable bonds is 3. The van der Waals surface area contributed by atoms with Crippen LogP contribution < -0.4 is 4.74 Å². The van der Waals surface area contributed by atoms with Crippen LogP contribution in [0.2, 0.25) is 0 Å². The molecule has 0 saturated carbocycles. The zero-order valence-electron chi connectivity index (χ0n) is 16.2. The number of hydrogen-bond donors (Lipinski definition) is 6. The summed E-state index contributed by atoms with van der Waals surface area (Å²) in [5.41, 5.74) is -0.187. The summed E-state index contributed by atoms with van der Waals surface area (Å²) in [5, 5.41) is 59.4. The maximum Gasteiger partial charge on any atom is 0.229 e.